The Kier molecular flexibility index (Phi) is 4.40. The summed E-state index contributed by atoms with van der Waals surface area (Å²) in [5.41, 5.74) is 4.34. The van der Waals surface area contributed by atoms with E-state index in [9.17, 15) is 4.79 Å². The van der Waals surface area contributed by atoms with Crippen molar-refractivity contribution in [2.45, 2.75) is 12.3 Å². The van der Waals surface area contributed by atoms with Crippen LogP contribution >= 0.6 is 0 Å². The Bertz CT molecular complexity index is 1030. The van der Waals surface area contributed by atoms with Crippen LogP contribution in [0.15, 0.2) is 91.1 Å². The van der Waals surface area contributed by atoms with Crippen molar-refractivity contribution in [2.75, 3.05) is 0 Å². The molecule has 1 heterocycles. The van der Waals surface area contributed by atoms with E-state index in [2.05, 4.69) is 54.2 Å². The Labute approximate surface area is 153 Å². The third-order valence-corrected chi connectivity index (χ3v) is 4.99. The smallest absolute Gasteiger partial charge is 0.163 e. The van der Waals surface area contributed by atoms with Gasteiger partial charge < -0.3 is 4.57 Å². The summed E-state index contributed by atoms with van der Waals surface area (Å²) < 4.78 is 2.15. The highest BCUT2D eigenvalue weighted by Gasteiger charge is 2.22. The van der Waals surface area contributed by atoms with E-state index in [4.69, 9.17) is 0 Å². The highest BCUT2D eigenvalue weighted by atomic mass is 16.1. The first-order valence-electron chi connectivity index (χ1n) is 8.91. The number of aryl methyl sites for hydroxylation is 1. The molecule has 0 amide bonds. The van der Waals surface area contributed by atoms with Gasteiger partial charge in [0.1, 0.15) is 0 Å². The third-order valence-electron chi connectivity index (χ3n) is 4.99. The van der Waals surface area contributed by atoms with E-state index in [0.717, 1.165) is 5.56 Å². The van der Waals surface area contributed by atoms with Crippen molar-refractivity contribution in [3.63, 3.8) is 0 Å². The molecule has 0 radical (unpaired) electrons. The molecular formula is C24H21NO. The lowest BCUT2D eigenvalue weighted by Crippen LogP contribution is -2.09. The van der Waals surface area contributed by atoms with Crippen LogP contribution in [0.2, 0.25) is 0 Å². The second-order valence-electron chi connectivity index (χ2n) is 6.67. The number of Topliss-reactive ketones (excluding diaryl/α,β-unsaturated/α-hetero) is 1. The molecule has 1 aromatic heterocycles. The van der Waals surface area contributed by atoms with Crippen LogP contribution in [0.3, 0.4) is 0 Å². The SMILES string of the molecule is Cn1cc(C(CC(=O)c2ccccc2)c2ccccc2)c2ccccc21. The summed E-state index contributed by atoms with van der Waals surface area (Å²) in [7, 11) is 2.06. The first kappa shape index (κ1) is 16.3. The molecule has 2 heteroatoms. The molecule has 0 bridgehead atoms. The van der Waals surface area contributed by atoms with Crippen LogP contribution < -0.4 is 0 Å². The van der Waals surface area contributed by atoms with E-state index in [0.29, 0.717) is 6.42 Å². The van der Waals surface area contributed by atoms with Crippen LogP contribution in [0.4, 0.5) is 0 Å². The van der Waals surface area contributed by atoms with Crippen LogP contribution in [-0.4, -0.2) is 10.4 Å². The lowest BCUT2D eigenvalue weighted by Gasteiger charge is -2.17. The summed E-state index contributed by atoms with van der Waals surface area (Å²) in [6, 6.07) is 28.3. The zero-order chi connectivity index (χ0) is 17.9. The molecule has 2 nitrogen and oxygen atoms in total. The number of hydrogen-bond donors (Lipinski definition) is 0. The molecule has 1 unspecified atom stereocenters. The number of para-hydroxylation sites is 1. The lowest BCUT2D eigenvalue weighted by atomic mass is 9.85. The summed E-state index contributed by atoms with van der Waals surface area (Å²) in [6.07, 6.45) is 2.63. The normalized spacial score (nSPS) is 12.2. The van der Waals surface area contributed by atoms with Gasteiger partial charge in [0.2, 0.25) is 0 Å². The lowest BCUT2D eigenvalue weighted by molar-refractivity contribution is 0.0978. The zero-order valence-electron chi connectivity index (χ0n) is 14.8. The number of rotatable bonds is 5. The molecule has 1 atom stereocenters. The van der Waals surface area contributed by atoms with Gasteiger partial charge in [-0.1, -0.05) is 78.9 Å². The van der Waals surface area contributed by atoms with Crippen LogP contribution in [0.25, 0.3) is 10.9 Å². The van der Waals surface area contributed by atoms with Gasteiger partial charge >= 0.3 is 0 Å². The largest absolute Gasteiger partial charge is 0.350 e. The number of nitrogens with zero attached hydrogens (tertiary/aromatic N) is 1. The van der Waals surface area contributed by atoms with Gasteiger partial charge in [-0.05, 0) is 17.2 Å². The van der Waals surface area contributed by atoms with Gasteiger partial charge in [0.15, 0.2) is 5.78 Å². The molecule has 0 aliphatic rings. The minimum atomic E-state index is 0.0370. The minimum Gasteiger partial charge on any atom is -0.350 e. The molecule has 0 aliphatic heterocycles. The average molecular weight is 339 g/mol. The maximum absolute atomic E-state index is 12.9. The number of aromatic nitrogens is 1. The van der Waals surface area contributed by atoms with Crippen LogP contribution in [0, 0.1) is 0 Å². The summed E-state index contributed by atoms with van der Waals surface area (Å²) >= 11 is 0. The van der Waals surface area contributed by atoms with Gasteiger partial charge in [-0.2, -0.15) is 0 Å². The molecule has 0 spiro atoms. The summed E-state index contributed by atoms with van der Waals surface area (Å²) in [5.74, 6) is 0.211. The Balaban J connectivity index is 1.80. The number of carbonyl (C=O) groups excluding carboxylic acids is 1. The maximum atomic E-state index is 12.9. The number of ketones is 1. The highest BCUT2D eigenvalue weighted by molar-refractivity contribution is 5.97. The van der Waals surface area contributed by atoms with Gasteiger partial charge in [0.25, 0.3) is 0 Å². The van der Waals surface area contributed by atoms with E-state index < -0.39 is 0 Å². The van der Waals surface area contributed by atoms with Gasteiger partial charge in [0, 0.05) is 42.0 Å². The Morgan fingerprint density at radius 2 is 1.46 bits per heavy atom. The fourth-order valence-corrected chi connectivity index (χ4v) is 3.67. The molecule has 4 aromatic rings. The highest BCUT2D eigenvalue weighted by Crippen LogP contribution is 2.35. The van der Waals surface area contributed by atoms with Crippen molar-refractivity contribution in [1.82, 2.24) is 4.57 Å². The topological polar surface area (TPSA) is 22.0 Å². The fourth-order valence-electron chi connectivity index (χ4n) is 3.67. The Morgan fingerprint density at radius 3 is 2.19 bits per heavy atom. The molecule has 0 saturated heterocycles. The Morgan fingerprint density at radius 1 is 0.846 bits per heavy atom. The molecular weight excluding hydrogens is 318 g/mol. The molecule has 26 heavy (non-hydrogen) atoms. The van der Waals surface area contributed by atoms with Crippen molar-refractivity contribution in [3.8, 4) is 0 Å². The molecule has 0 N–H and O–H groups in total. The summed E-state index contributed by atoms with van der Waals surface area (Å²) in [5, 5.41) is 1.21. The summed E-state index contributed by atoms with van der Waals surface area (Å²) in [4.78, 5) is 12.9. The van der Waals surface area contributed by atoms with E-state index in [1.807, 2.05) is 48.5 Å². The van der Waals surface area contributed by atoms with Crippen LogP contribution in [0.5, 0.6) is 0 Å². The van der Waals surface area contributed by atoms with E-state index >= 15 is 0 Å². The molecule has 4 rings (SSSR count). The molecule has 3 aromatic carbocycles. The van der Waals surface area contributed by atoms with E-state index in [-0.39, 0.29) is 11.7 Å². The third kappa shape index (κ3) is 3.06. The Hall–Kier alpha value is -3.13. The van der Waals surface area contributed by atoms with Crippen molar-refractivity contribution >= 4 is 16.7 Å². The van der Waals surface area contributed by atoms with Crippen molar-refractivity contribution < 1.29 is 4.79 Å². The number of hydrogen-bond acceptors (Lipinski definition) is 1. The molecule has 0 aliphatic carbocycles. The van der Waals surface area contributed by atoms with Crippen LogP contribution in [0.1, 0.15) is 33.8 Å². The predicted molar refractivity (Wildman–Crippen MR) is 107 cm³/mol. The fraction of sp³-hybridized carbons (Fsp3) is 0.125. The quantitative estimate of drug-likeness (QED) is 0.435. The first-order valence-corrected chi connectivity index (χ1v) is 8.91. The van der Waals surface area contributed by atoms with E-state index in [1.165, 1.54) is 22.0 Å². The zero-order valence-corrected chi connectivity index (χ0v) is 14.8. The predicted octanol–water partition coefficient (Wildman–Crippen LogP) is 5.58. The standard InChI is InChI=1S/C24H21NO/c1-25-17-22(20-14-8-9-15-23(20)25)21(18-10-4-2-5-11-18)16-24(26)19-12-6-3-7-13-19/h2-15,17,21H,16H2,1H3. The second kappa shape index (κ2) is 7.01. The molecule has 128 valence electrons. The van der Waals surface area contributed by atoms with Gasteiger partial charge in [-0.15, -0.1) is 0 Å². The number of fused-ring (bicyclic) bond motifs is 1. The minimum absolute atomic E-state index is 0.0370. The number of benzene rings is 3. The van der Waals surface area contributed by atoms with Gasteiger partial charge in [-0.3, -0.25) is 4.79 Å². The van der Waals surface area contributed by atoms with Gasteiger partial charge in [0.05, 0.1) is 0 Å². The summed E-state index contributed by atoms with van der Waals surface area (Å²) in [6.45, 7) is 0. The maximum Gasteiger partial charge on any atom is 0.163 e. The first-order chi connectivity index (χ1) is 12.7. The van der Waals surface area contributed by atoms with Crippen molar-refractivity contribution in [2.24, 2.45) is 7.05 Å². The van der Waals surface area contributed by atoms with Crippen molar-refractivity contribution in [1.29, 1.82) is 0 Å². The molecule has 0 fully saturated rings. The van der Waals surface area contributed by atoms with Crippen LogP contribution in [-0.2, 0) is 7.05 Å². The number of carbonyl (C=O) groups is 1. The van der Waals surface area contributed by atoms with Crippen molar-refractivity contribution in [3.05, 3.63) is 108 Å². The second-order valence-corrected chi connectivity index (χ2v) is 6.67. The average Bonchev–Trinajstić information content (AvgIpc) is 3.04. The van der Waals surface area contributed by atoms with E-state index in [1.54, 1.807) is 0 Å². The van der Waals surface area contributed by atoms with Gasteiger partial charge in [-0.25, -0.2) is 0 Å². The molecule has 0 saturated carbocycles. The monoisotopic (exact) mass is 339 g/mol.